The molecule has 0 heterocycles. The Morgan fingerprint density at radius 3 is 2.53 bits per heavy atom. The van der Waals surface area contributed by atoms with Crippen LogP contribution in [0.25, 0.3) is 0 Å². The molecule has 3 heteroatoms. The Bertz CT molecular complexity index is 320. The Morgan fingerprint density at radius 2 is 1.94 bits per heavy atom. The first-order chi connectivity index (χ1) is 7.51. The lowest BCUT2D eigenvalue weighted by Gasteiger charge is -2.18. The van der Waals surface area contributed by atoms with E-state index in [0.717, 1.165) is 25.3 Å². The molecular formula is C14H24ClNO. The molecule has 1 N–H and O–H groups in total. The van der Waals surface area contributed by atoms with Crippen LogP contribution in [0.3, 0.4) is 0 Å². The molecule has 0 saturated carbocycles. The van der Waals surface area contributed by atoms with Crippen LogP contribution in [-0.4, -0.2) is 20.2 Å². The van der Waals surface area contributed by atoms with Crippen molar-refractivity contribution in [2.45, 2.75) is 27.2 Å². The Labute approximate surface area is 111 Å². The summed E-state index contributed by atoms with van der Waals surface area (Å²) in [7, 11) is 1.71. The van der Waals surface area contributed by atoms with E-state index in [1.807, 2.05) is 12.1 Å². The van der Waals surface area contributed by atoms with Crippen LogP contribution in [0.2, 0.25) is 0 Å². The average Bonchev–Trinajstić information content (AvgIpc) is 2.23. The van der Waals surface area contributed by atoms with Gasteiger partial charge in [0.05, 0.1) is 7.11 Å². The van der Waals surface area contributed by atoms with E-state index in [4.69, 9.17) is 4.74 Å². The number of hydrogen-bond acceptors (Lipinski definition) is 2. The van der Waals surface area contributed by atoms with Gasteiger partial charge in [0.2, 0.25) is 0 Å². The van der Waals surface area contributed by atoms with Gasteiger partial charge in [-0.1, -0.05) is 32.9 Å². The number of rotatable bonds is 5. The monoisotopic (exact) mass is 257 g/mol. The largest absolute Gasteiger partial charge is 0.497 e. The van der Waals surface area contributed by atoms with Gasteiger partial charge in [0.15, 0.2) is 0 Å². The predicted octanol–water partition coefficient (Wildman–Crippen LogP) is 3.30. The molecule has 0 aliphatic rings. The number of hydrogen-bond donors (Lipinski definition) is 1. The molecule has 0 spiro atoms. The summed E-state index contributed by atoms with van der Waals surface area (Å²) in [6.07, 6.45) is 1.05. The van der Waals surface area contributed by atoms with Gasteiger partial charge in [-0.05, 0) is 36.1 Å². The maximum absolute atomic E-state index is 5.19. The number of halogens is 1. The highest BCUT2D eigenvalue weighted by Gasteiger charge is 2.08. The zero-order chi connectivity index (χ0) is 12.0. The molecular weight excluding hydrogens is 234 g/mol. The summed E-state index contributed by atoms with van der Waals surface area (Å²) >= 11 is 0. The first kappa shape index (κ1) is 16.3. The van der Waals surface area contributed by atoms with Crippen molar-refractivity contribution in [1.29, 1.82) is 0 Å². The molecule has 2 nitrogen and oxygen atoms in total. The van der Waals surface area contributed by atoms with Gasteiger partial charge in [-0.15, -0.1) is 12.4 Å². The van der Waals surface area contributed by atoms with Crippen molar-refractivity contribution in [3.05, 3.63) is 29.8 Å². The van der Waals surface area contributed by atoms with Gasteiger partial charge in [0, 0.05) is 6.54 Å². The summed E-state index contributed by atoms with van der Waals surface area (Å²) in [4.78, 5) is 0. The van der Waals surface area contributed by atoms with Crippen molar-refractivity contribution in [3.63, 3.8) is 0 Å². The molecule has 0 amide bonds. The maximum Gasteiger partial charge on any atom is 0.119 e. The van der Waals surface area contributed by atoms with Crippen LogP contribution in [0.1, 0.15) is 26.3 Å². The van der Waals surface area contributed by atoms with Crippen molar-refractivity contribution in [3.8, 4) is 5.75 Å². The van der Waals surface area contributed by atoms with Gasteiger partial charge in [0.1, 0.15) is 5.75 Å². The fourth-order valence-electron chi connectivity index (χ4n) is 1.52. The second-order valence-electron chi connectivity index (χ2n) is 5.34. The maximum atomic E-state index is 5.19. The molecule has 0 aliphatic heterocycles. The van der Waals surface area contributed by atoms with E-state index in [0.29, 0.717) is 5.41 Å². The minimum Gasteiger partial charge on any atom is -0.497 e. The highest BCUT2D eigenvalue weighted by atomic mass is 35.5. The standard InChI is InChI=1S/C14H23NO.ClH/c1-14(2,3)11-15-9-8-12-6-5-7-13(10-12)16-4;/h5-7,10,15H,8-9,11H2,1-4H3;1H. The third-order valence-corrected chi connectivity index (χ3v) is 2.38. The first-order valence-electron chi connectivity index (χ1n) is 5.85. The summed E-state index contributed by atoms with van der Waals surface area (Å²) < 4.78 is 5.19. The summed E-state index contributed by atoms with van der Waals surface area (Å²) in [6.45, 7) is 8.80. The highest BCUT2D eigenvalue weighted by molar-refractivity contribution is 5.85. The molecule has 0 unspecified atom stereocenters. The van der Waals surface area contributed by atoms with E-state index in [1.54, 1.807) is 7.11 Å². The SMILES string of the molecule is COc1cccc(CCNCC(C)(C)C)c1.Cl. The quantitative estimate of drug-likeness (QED) is 0.818. The molecule has 0 bridgehead atoms. The van der Waals surface area contributed by atoms with Crippen LogP contribution in [0.15, 0.2) is 24.3 Å². The summed E-state index contributed by atoms with van der Waals surface area (Å²) in [5, 5.41) is 3.47. The van der Waals surface area contributed by atoms with E-state index in [1.165, 1.54) is 5.56 Å². The Kier molecular flexibility index (Phi) is 7.24. The van der Waals surface area contributed by atoms with Crippen LogP contribution in [0.4, 0.5) is 0 Å². The van der Waals surface area contributed by atoms with Crippen LogP contribution in [-0.2, 0) is 6.42 Å². The van der Waals surface area contributed by atoms with E-state index < -0.39 is 0 Å². The Balaban J connectivity index is 0.00000256. The third kappa shape index (κ3) is 7.24. The minimum atomic E-state index is 0. The lowest BCUT2D eigenvalue weighted by atomic mass is 9.97. The van der Waals surface area contributed by atoms with Crippen LogP contribution < -0.4 is 10.1 Å². The molecule has 0 saturated heterocycles. The van der Waals surface area contributed by atoms with E-state index in [9.17, 15) is 0 Å². The van der Waals surface area contributed by atoms with Crippen molar-refractivity contribution < 1.29 is 4.74 Å². The van der Waals surface area contributed by atoms with Gasteiger partial charge in [0.25, 0.3) is 0 Å². The fourth-order valence-corrected chi connectivity index (χ4v) is 1.52. The third-order valence-electron chi connectivity index (χ3n) is 2.38. The van der Waals surface area contributed by atoms with Crippen molar-refractivity contribution in [1.82, 2.24) is 5.32 Å². The fraction of sp³-hybridized carbons (Fsp3) is 0.571. The van der Waals surface area contributed by atoms with Crippen molar-refractivity contribution in [2.24, 2.45) is 5.41 Å². The zero-order valence-electron chi connectivity index (χ0n) is 11.2. The van der Waals surface area contributed by atoms with Crippen LogP contribution >= 0.6 is 12.4 Å². The molecule has 1 aromatic rings. The van der Waals surface area contributed by atoms with Gasteiger partial charge in [-0.25, -0.2) is 0 Å². The molecule has 17 heavy (non-hydrogen) atoms. The van der Waals surface area contributed by atoms with E-state index in [-0.39, 0.29) is 12.4 Å². The lowest BCUT2D eigenvalue weighted by molar-refractivity contribution is 0.381. The number of benzene rings is 1. The van der Waals surface area contributed by atoms with Gasteiger partial charge in [-0.2, -0.15) is 0 Å². The molecule has 0 atom stereocenters. The minimum absolute atomic E-state index is 0. The second-order valence-corrected chi connectivity index (χ2v) is 5.34. The average molecular weight is 258 g/mol. The van der Waals surface area contributed by atoms with Gasteiger partial charge in [-0.3, -0.25) is 0 Å². The normalized spacial score (nSPS) is 10.8. The number of nitrogens with one attached hydrogen (secondary N) is 1. The molecule has 1 aromatic carbocycles. The Morgan fingerprint density at radius 1 is 1.24 bits per heavy atom. The predicted molar refractivity (Wildman–Crippen MR) is 76.3 cm³/mol. The molecule has 0 aromatic heterocycles. The van der Waals surface area contributed by atoms with Gasteiger partial charge >= 0.3 is 0 Å². The topological polar surface area (TPSA) is 21.3 Å². The highest BCUT2D eigenvalue weighted by Crippen LogP contribution is 2.13. The van der Waals surface area contributed by atoms with E-state index in [2.05, 4.69) is 38.2 Å². The first-order valence-corrected chi connectivity index (χ1v) is 5.85. The summed E-state index contributed by atoms with van der Waals surface area (Å²) in [5.41, 5.74) is 1.68. The summed E-state index contributed by atoms with van der Waals surface area (Å²) in [6, 6.07) is 8.25. The number of methoxy groups -OCH3 is 1. The lowest BCUT2D eigenvalue weighted by Crippen LogP contribution is -2.28. The summed E-state index contributed by atoms with van der Waals surface area (Å²) in [5.74, 6) is 0.938. The molecule has 0 radical (unpaired) electrons. The molecule has 0 fully saturated rings. The van der Waals surface area contributed by atoms with Crippen LogP contribution in [0, 0.1) is 5.41 Å². The second kappa shape index (κ2) is 7.57. The molecule has 98 valence electrons. The van der Waals surface area contributed by atoms with E-state index >= 15 is 0 Å². The smallest absolute Gasteiger partial charge is 0.119 e. The van der Waals surface area contributed by atoms with Crippen molar-refractivity contribution in [2.75, 3.05) is 20.2 Å². The van der Waals surface area contributed by atoms with Crippen molar-refractivity contribution >= 4 is 12.4 Å². The molecule has 1 rings (SSSR count). The number of ether oxygens (including phenoxy) is 1. The van der Waals surface area contributed by atoms with Crippen LogP contribution in [0.5, 0.6) is 5.75 Å². The molecule has 0 aliphatic carbocycles. The van der Waals surface area contributed by atoms with Gasteiger partial charge < -0.3 is 10.1 Å². The Hall–Kier alpha value is -0.730. The zero-order valence-corrected chi connectivity index (χ0v) is 12.1.